The molecule has 2 aliphatic rings. The van der Waals surface area contributed by atoms with Crippen molar-refractivity contribution in [3.8, 4) is 22.6 Å². The van der Waals surface area contributed by atoms with Crippen molar-refractivity contribution < 1.29 is 9.15 Å². The van der Waals surface area contributed by atoms with Crippen LogP contribution in [0.1, 0.15) is 0 Å². The predicted octanol–water partition coefficient (Wildman–Crippen LogP) is 7.66. The van der Waals surface area contributed by atoms with Crippen molar-refractivity contribution in [2.75, 3.05) is 4.90 Å². The SMILES string of the molecule is c1ccc(-c2c(N3c4ccccc4B4c5ccccc5Oc5cccc3c54)ccc3oc4ccccc4c23)cc1. The molecule has 0 N–H and O–H groups in total. The zero-order valence-electron chi connectivity index (χ0n) is 21.5. The molecule has 3 nitrogen and oxygen atoms in total. The molecule has 40 heavy (non-hydrogen) atoms. The summed E-state index contributed by atoms with van der Waals surface area (Å²) in [5.41, 5.74) is 11.2. The van der Waals surface area contributed by atoms with Crippen molar-refractivity contribution >= 4 is 62.1 Å². The fourth-order valence-electron chi connectivity index (χ4n) is 6.73. The molecule has 0 unspecified atom stereocenters. The van der Waals surface area contributed by atoms with E-state index in [0.717, 1.165) is 55.9 Å². The van der Waals surface area contributed by atoms with Crippen molar-refractivity contribution in [1.29, 1.82) is 0 Å². The van der Waals surface area contributed by atoms with Crippen molar-refractivity contribution in [2.24, 2.45) is 0 Å². The standard InChI is InChI=1S/C36H22BNO2/c1-2-11-23(12-3-1)34-28(21-22-32-35(34)24-13-4-8-18-30(24)39-32)38-27-16-7-5-14-25(27)37-26-15-6-9-19-31(26)40-33-20-10-17-29(38)36(33)37/h1-22H. The first-order chi connectivity index (χ1) is 19.9. The number of hydrogen-bond acceptors (Lipinski definition) is 3. The number of hydrogen-bond donors (Lipinski definition) is 0. The zero-order chi connectivity index (χ0) is 26.2. The van der Waals surface area contributed by atoms with Gasteiger partial charge in [0.05, 0.1) is 5.69 Å². The normalized spacial score (nSPS) is 13.1. The average molecular weight is 511 g/mol. The molecule has 6 aromatic carbocycles. The molecule has 4 heteroatoms. The molecular formula is C36H22BNO2. The number of benzene rings is 6. The highest BCUT2D eigenvalue weighted by Gasteiger charge is 2.41. The second-order valence-corrected chi connectivity index (χ2v) is 10.5. The Balaban J connectivity index is 1.41. The average Bonchev–Trinajstić information content (AvgIpc) is 3.40. The molecule has 7 aromatic rings. The van der Waals surface area contributed by atoms with E-state index in [2.05, 4.69) is 120 Å². The molecule has 0 amide bonds. The van der Waals surface area contributed by atoms with Gasteiger partial charge in [0, 0.05) is 27.7 Å². The van der Waals surface area contributed by atoms with Gasteiger partial charge in [0.25, 0.3) is 6.71 Å². The molecule has 2 aliphatic heterocycles. The van der Waals surface area contributed by atoms with Gasteiger partial charge in [0.2, 0.25) is 0 Å². The van der Waals surface area contributed by atoms with Crippen LogP contribution < -0.4 is 26.0 Å². The van der Waals surface area contributed by atoms with Gasteiger partial charge in [-0.2, -0.15) is 0 Å². The van der Waals surface area contributed by atoms with E-state index in [-0.39, 0.29) is 6.71 Å². The number of para-hydroxylation sites is 3. The Morgan fingerprint density at radius 3 is 2.15 bits per heavy atom. The Kier molecular flexibility index (Phi) is 4.41. The first-order valence-corrected chi connectivity index (χ1v) is 13.7. The molecule has 0 radical (unpaired) electrons. The molecule has 0 atom stereocenters. The maximum absolute atomic E-state index is 6.51. The Bertz CT molecular complexity index is 2110. The Labute approximate surface area is 232 Å². The van der Waals surface area contributed by atoms with Crippen LogP contribution >= 0.6 is 0 Å². The lowest BCUT2D eigenvalue weighted by atomic mass is 9.34. The number of anilines is 3. The Hall–Kier alpha value is -5.22. The lowest BCUT2D eigenvalue weighted by Crippen LogP contribution is -2.59. The topological polar surface area (TPSA) is 25.6 Å². The Morgan fingerprint density at radius 1 is 0.500 bits per heavy atom. The molecule has 0 aliphatic carbocycles. The maximum atomic E-state index is 6.51. The van der Waals surface area contributed by atoms with E-state index in [1.54, 1.807) is 0 Å². The lowest BCUT2D eigenvalue weighted by Gasteiger charge is -2.40. The molecule has 186 valence electrons. The van der Waals surface area contributed by atoms with Crippen molar-refractivity contribution in [3.05, 3.63) is 133 Å². The number of furan rings is 1. The molecule has 9 rings (SSSR count). The number of fused-ring (bicyclic) bond motifs is 7. The zero-order valence-corrected chi connectivity index (χ0v) is 21.5. The molecule has 0 saturated carbocycles. The van der Waals surface area contributed by atoms with Crippen LogP contribution in [0.4, 0.5) is 17.1 Å². The summed E-state index contributed by atoms with van der Waals surface area (Å²) in [5.74, 6) is 1.84. The second kappa shape index (κ2) is 8.14. The van der Waals surface area contributed by atoms with Gasteiger partial charge in [-0.3, -0.25) is 0 Å². The largest absolute Gasteiger partial charge is 0.458 e. The van der Waals surface area contributed by atoms with E-state index in [1.165, 1.54) is 22.1 Å². The maximum Gasteiger partial charge on any atom is 0.256 e. The second-order valence-electron chi connectivity index (χ2n) is 10.5. The number of rotatable bonds is 2. The molecule has 0 saturated heterocycles. The van der Waals surface area contributed by atoms with E-state index in [9.17, 15) is 0 Å². The van der Waals surface area contributed by atoms with Crippen LogP contribution in [0.25, 0.3) is 33.1 Å². The summed E-state index contributed by atoms with van der Waals surface area (Å²) in [6.45, 7) is 0.0993. The van der Waals surface area contributed by atoms with E-state index in [1.807, 2.05) is 18.2 Å². The van der Waals surface area contributed by atoms with Gasteiger partial charge in [-0.25, -0.2) is 0 Å². The van der Waals surface area contributed by atoms with Crippen LogP contribution in [-0.4, -0.2) is 6.71 Å². The van der Waals surface area contributed by atoms with Gasteiger partial charge >= 0.3 is 0 Å². The summed E-state index contributed by atoms with van der Waals surface area (Å²) in [6.07, 6.45) is 0. The highest BCUT2D eigenvalue weighted by Crippen LogP contribution is 2.48. The van der Waals surface area contributed by atoms with E-state index < -0.39 is 0 Å². The van der Waals surface area contributed by atoms with Gasteiger partial charge < -0.3 is 14.1 Å². The minimum atomic E-state index is 0.0993. The Morgan fingerprint density at radius 2 is 1.23 bits per heavy atom. The number of nitrogens with zero attached hydrogens (tertiary/aromatic N) is 1. The monoisotopic (exact) mass is 511 g/mol. The van der Waals surface area contributed by atoms with Crippen molar-refractivity contribution in [3.63, 3.8) is 0 Å². The minimum absolute atomic E-state index is 0.0993. The van der Waals surface area contributed by atoms with Crippen molar-refractivity contribution in [2.45, 2.75) is 0 Å². The number of ether oxygens (including phenoxy) is 1. The third-order valence-corrected chi connectivity index (χ3v) is 8.34. The first-order valence-electron chi connectivity index (χ1n) is 13.7. The quantitative estimate of drug-likeness (QED) is 0.223. The third kappa shape index (κ3) is 2.90. The summed E-state index contributed by atoms with van der Waals surface area (Å²) < 4.78 is 12.9. The molecular weight excluding hydrogens is 489 g/mol. The van der Waals surface area contributed by atoms with Crippen LogP contribution in [0.2, 0.25) is 0 Å². The fourth-order valence-corrected chi connectivity index (χ4v) is 6.73. The smallest absolute Gasteiger partial charge is 0.256 e. The van der Waals surface area contributed by atoms with Crippen LogP contribution in [0.5, 0.6) is 11.5 Å². The lowest BCUT2D eigenvalue weighted by molar-refractivity contribution is 0.487. The van der Waals surface area contributed by atoms with Gasteiger partial charge in [0.15, 0.2) is 0 Å². The predicted molar refractivity (Wildman–Crippen MR) is 165 cm³/mol. The summed E-state index contributed by atoms with van der Waals surface area (Å²) in [5, 5.41) is 2.25. The molecule has 1 aromatic heterocycles. The summed E-state index contributed by atoms with van der Waals surface area (Å²) in [6, 6.07) is 47.0. The van der Waals surface area contributed by atoms with E-state index in [0.29, 0.717) is 0 Å². The molecule has 0 fully saturated rings. The van der Waals surface area contributed by atoms with E-state index in [4.69, 9.17) is 9.15 Å². The van der Waals surface area contributed by atoms with Crippen LogP contribution in [0, 0.1) is 0 Å². The van der Waals surface area contributed by atoms with Crippen LogP contribution in [0.15, 0.2) is 138 Å². The van der Waals surface area contributed by atoms with E-state index >= 15 is 0 Å². The minimum Gasteiger partial charge on any atom is -0.458 e. The summed E-state index contributed by atoms with van der Waals surface area (Å²) in [7, 11) is 0. The van der Waals surface area contributed by atoms with Crippen molar-refractivity contribution in [1.82, 2.24) is 0 Å². The third-order valence-electron chi connectivity index (χ3n) is 8.34. The molecule has 3 heterocycles. The highest BCUT2D eigenvalue weighted by molar-refractivity contribution is 6.99. The highest BCUT2D eigenvalue weighted by atomic mass is 16.5. The fraction of sp³-hybridized carbons (Fsp3) is 0. The summed E-state index contributed by atoms with van der Waals surface area (Å²) in [4.78, 5) is 2.42. The van der Waals surface area contributed by atoms with Crippen LogP contribution in [-0.2, 0) is 0 Å². The summed E-state index contributed by atoms with van der Waals surface area (Å²) >= 11 is 0. The van der Waals surface area contributed by atoms with Gasteiger partial charge in [0.1, 0.15) is 22.7 Å². The molecule has 0 bridgehead atoms. The van der Waals surface area contributed by atoms with Crippen LogP contribution in [0.3, 0.4) is 0 Å². The van der Waals surface area contributed by atoms with Gasteiger partial charge in [-0.15, -0.1) is 0 Å². The molecule has 0 spiro atoms. The van der Waals surface area contributed by atoms with Gasteiger partial charge in [-0.1, -0.05) is 91.0 Å². The first kappa shape index (κ1) is 21.7. The van der Waals surface area contributed by atoms with Gasteiger partial charge in [-0.05, 0) is 64.4 Å².